The lowest BCUT2D eigenvalue weighted by Crippen LogP contribution is -2.36. The summed E-state index contributed by atoms with van der Waals surface area (Å²) in [7, 11) is 0. The highest BCUT2D eigenvalue weighted by Crippen LogP contribution is 2.64. The van der Waals surface area contributed by atoms with E-state index in [1.54, 1.807) is 0 Å². The van der Waals surface area contributed by atoms with Crippen molar-refractivity contribution in [2.24, 2.45) is 0 Å². The first-order chi connectivity index (χ1) is 34.7. The summed E-state index contributed by atoms with van der Waals surface area (Å²) in [5, 5.41) is 3.47. The Labute approximate surface area is 405 Å². The minimum Gasteiger partial charge on any atom is -0.310 e. The average Bonchev–Trinajstić information content (AvgIpc) is 3.72. The largest absolute Gasteiger partial charge is 0.310 e. The predicted octanol–water partition coefficient (Wildman–Crippen LogP) is 16.1. The molecule has 0 N–H and O–H groups in total. The fourth-order valence-electron chi connectivity index (χ4n) is 11.2. The normalized spacial score (nSPS) is 12.9. The van der Waals surface area contributed by atoms with E-state index in [1.807, 2.05) is 60.7 Å². The molecule has 326 valence electrons. The zero-order valence-corrected chi connectivity index (χ0v) is 37.9. The van der Waals surface area contributed by atoms with Crippen molar-refractivity contribution in [3.63, 3.8) is 0 Å². The van der Waals surface area contributed by atoms with Crippen molar-refractivity contribution in [3.05, 3.63) is 271 Å². The molecule has 0 unspecified atom stereocenters. The summed E-state index contributed by atoms with van der Waals surface area (Å²) < 4.78 is 0. The quantitative estimate of drug-likeness (QED) is 0.156. The standard InChI is InChI=1S/C65H41N5/c1-5-19-43(20-6-1)61-53-40-52-49-38-37-47(42-33-35-46(36-34-42)64-68-62(44-21-7-2-8-22-44)67-63(69-64)45-23-9-3-10-24-45)39-56(49)65(57(52)41-51(53)50-27-13-16-30-58(50)66-61)54-28-14-17-31-59(54)70(48-25-11-4-12-26-48)60-32-18-15-29-55(60)65/h1-41H. The van der Waals surface area contributed by atoms with Crippen LogP contribution >= 0.6 is 0 Å². The van der Waals surface area contributed by atoms with Crippen molar-refractivity contribution in [3.8, 4) is 67.7 Å². The number of nitrogens with zero attached hydrogens (tertiary/aromatic N) is 5. The maximum absolute atomic E-state index is 5.38. The Balaban J connectivity index is 1.000. The first-order valence-electron chi connectivity index (χ1n) is 23.8. The highest BCUT2D eigenvalue weighted by Gasteiger charge is 2.52. The lowest BCUT2D eigenvalue weighted by Gasteiger charge is -2.45. The van der Waals surface area contributed by atoms with E-state index in [0.717, 1.165) is 72.4 Å². The number of hydrogen-bond acceptors (Lipinski definition) is 5. The number of benzene rings is 10. The van der Waals surface area contributed by atoms with Crippen LogP contribution in [0.5, 0.6) is 0 Å². The van der Waals surface area contributed by atoms with Crippen LogP contribution in [0.2, 0.25) is 0 Å². The third-order valence-electron chi connectivity index (χ3n) is 14.3. The van der Waals surface area contributed by atoms with Crippen molar-refractivity contribution < 1.29 is 0 Å². The van der Waals surface area contributed by atoms with Gasteiger partial charge in [0.1, 0.15) is 0 Å². The first kappa shape index (κ1) is 39.8. The highest BCUT2D eigenvalue weighted by atomic mass is 15.2. The number of para-hydroxylation sites is 4. The number of pyridine rings is 1. The van der Waals surface area contributed by atoms with Gasteiger partial charge >= 0.3 is 0 Å². The summed E-state index contributed by atoms with van der Waals surface area (Å²) in [6.07, 6.45) is 0. The van der Waals surface area contributed by atoms with E-state index in [1.165, 1.54) is 38.8 Å². The molecule has 1 aliphatic heterocycles. The van der Waals surface area contributed by atoms with Gasteiger partial charge in [-0.3, -0.25) is 0 Å². The van der Waals surface area contributed by atoms with Crippen LogP contribution in [0.3, 0.4) is 0 Å². The van der Waals surface area contributed by atoms with E-state index < -0.39 is 5.41 Å². The molecule has 12 aromatic rings. The van der Waals surface area contributed by atoms with Crippen LogP contribution in [-0.4, -0.2) is 19.9 Å². The van der Waals surface area contributed by atoms with E-state index in [9.17, 15) is 0 Å². The molecule has 5 heteroatoms. The summed E-state index contributed by atoms with van der Waals surface area (Å²) in [6, 6.07) is 89.1. The molecule has 5 nitrogen and oxygen atoms in total. The van der Waals surface area contributed by atoms with Crippen LogP contribution in [0.25, 0.3) is 89.4 Å². The Bertz CT molecular complexity index is 3880. The fourth-order valence-corrected chi connectivity index (χ4v) is 11.2. The van der Waals surface area contributed by atoms with Crippen LogP contribution < -0.4 is 4.90 Å². The number of fused-ring (bicyclic) bond motifs is 12. The Morgan fingerprint density at radius 2 is 0.757 bits per heavy atom. The summed E-state index contributed by atoms with van der Waals surface area (Å²) in [5.41, 5.74) is 18.3. The van der Waals surface area contributed by atoms with Gasteiger partial charge in [0.15, 0.2) is 17.5 Å². The van der Waals surface area contributed by atoms with Crippen molar-refractivity contribution >= 4 is 38.7 Å². The van der Waals surface area contributed by atoms with E-state index in [0.29, 0.717) is 17.5 Å². The Hall–Kier alpha value is -9.32. The van der Waals surface area contributed by atoms with Gasteiger partial charge in [-0.05, 0) is 98.4 Å². The maximum Gasteiger partial charge on any atom is 0.164 e. The van der Waals surface area contributed by atoms with Crippen molar-refractivity contribution in [1.29, 1.82) is 0 Å². The zero-order chi connectivity index (χ0) is 46.2. The summed E-state index contributed by atoms with van der Waals surface area (Å²) in [5.74, 6) is 1.91. The third-order valence-corrected chi connectivity index (χ3v) is 14.3. The molecule has 2 aliphatic rings. The number of rotatable bonds is 6. The van der Waals surface area contributed by atoms with Gasteiger partial charge in [-0.15, -0.1) is 0 Å². The molecule has 2 aromatic heterocycles. The van der Waals surface area contributed by atoms with Gasteiger partial charge in [0.2, 0.25) is 0 Å². The molecule has 0 atom stereocenters. The molecule has 10 aromatic carbocycles. The van der Waals surface area contributed by atoms with Crippen molar-refractivity contribution in [1.82, 2.24) is 19.9 Å². The Morgan fingerprint density at radius 1 is 0.286 bits per heavy atom. The Kier molecular flexibility index (Phi) is 9.04. The smallest absolute Gasteiger partial charge is 0.164 e. The predicted molar refractivity (Wildman–Crippen MR) is 285 cm³/mol. The number of aromatic nitrogens is 4. The molecule has 3 heterocycles. The van der Waals surface area contributed by atoms with Gasteiger partial charge in [-0.1, -0.05) is 200 Å². The molecule has 1 aliphatic carbocycles. The van der Waals surface area contributed by atoms with Gasteiger partial charge in [0.05, 0.1) is 28.0 Å². The van der Waals surface area contributed by atoms with Gasteiger partial charge in [-0.2, -0.15) is 0 Å². The van der Waals surface area contributed by atoms with Gasteiger partial charge in [0.25, 0.3) is 0 Å². The molecule has 0 amide bonds. The Morgan fingerprint density at radius 3 is 1.37 bits per heavy atom. The molecule has 70 heavy (non-hydrogen) atoms. The van der Waals surface area contributed by atoms with Crippen LogP contribution in [0.15, 0.2) is 249 Å². The average molecular weight is 892 g/mol. The van der Waals surface area contributed by atoms with E-state index >= 15 is 0 Å². The zero-order valence-electron chi connectivity index (χ0n) is 37.9. The van der Waals surface area contributed by atoms with Crippen molar-refractivity contribution in [2.45, 2.75) is 5.41 Å². The number of hydrogen-bond donors (Lipinski definition) is 0. The fraction of sp³-hybridized carbons (Fsp3) is 0.0154. The molecule has 1 spiro atoms. The topological polar surface area (TPSA) is 54.8 Å². The molecule has 0 fully saturated rings. The minimum atomic E-state index is -0.670. The maximum atomic E-state index is 5.38. The second kappa shape index (κ2) is 15.9. The number of anilines is 3. The molecule has 0 saturated carbocycles. The summed E-state index contributed by atoms with van der Waals surface area (Å²) in [4.78, 5) is 22.8. The SMILES string of the molecule is c1ccc(-c2nc(-c3ccccc3)nc(-c3ccc(-c4ccc5c(c4)C4(c6cc7c(cc6-5)c(-c5ccccc5)nc5ccccc57)c5ccccc5N(c5ccccc5)c5ccccc54)cc3)n2)cc1. The second-order valence-electron chi connectivity index (χ2n) is 18.1. The van der Waals surface area contributed by atoms with Crippen LogP contribution in [0, 0.1) is 0 Å². The van der Waals surface area contributed by atoms with E-state index in [2.05, 4.69) is 193 Å². The minimum absolute atomic E-state index is 0.630. The van der Waals surface area contributed by atoms with Gasteiger partial charge in [-0.25, -0.2) is 19.9 Å². The van der Waals surface area contributed by atoms with Crippen LogP contribution in [0.1, 0.15) is 22.3 Å². The van der Waals surface area contributed by atoms with E-state index in [4.69, 9.17) is 19.9 Å². The van der Waals surface area contributed by atoms with Gasteiger partial charge < -0.3 is 4.90 Å². The van der Waals surface area contributed by atoms with E-state index in [-0.39, 0.29) is 0 Å². The van der Waals surface area contributed by atoms with Crippen LogP contribution in [0.4, 0.5) is 17.1 Å². The summed E-state index contributed by atoms with van der Waals surface area (Å²) in [6.45, 7) is 0. The molecular formula is C65H41N5. The monoisotopic (exact) mass is 891 g/mol. The molecule has 0 radical (unpaired) electrons. The van der Waals surface area contributed by atoms with Gasteiger partial charge in [0, 0.05) is 38.7 Å². The lowest BCUT2D eigenvalue weighted by molar-refractivity contribution is 0.754. The van der Waals surface area contributed by atoms with Crippen LogP contribution in [-0.2, 0) is 5.41 Å². The van der Waals surface area contributed by atoms with Crippen molar-refractivity contribution in [2.75, 3.05) is 4.90 Å². The second-order valence-corrected chi connectivity index (χ2v) is 18.1. The third kappa shape index (κ3) is 6.11. The molecule has 0 bridgehead atoms. The molecule has 0 saturated heterocycles. The first-order valence-corrected chi connectivity index (χ1v) is 23.8. The molecular weight excluding hydrogens is 851 g/mol. The highest BCUT2D eigenvalue weighted by molar-refractivity contribution is 6.14. The summed E-state index contributed by atoms with van der Waals surface area (Å²) >= 11 is 0. The molecule has 14 rings (SSSR count). The lowest BCUT2D eigenvalue weighted by atomic mass is 9.64.